The van der Waals surface area contributed by atoms with Crippen molar-refractivity contribution < 1.29 is 17.9 Å². The molecule has 1 N–H and O–H groups in total. The minimum atomic E-state index is -3.45. The topological polar surface area (TPSA) is 64.6 Å². The predicted octanol–water partition coefficient (Wildman–Crippen LogP) is 2.76. The molecule has 5 nitrogen and oxygen atoms in total. The minimum absolute atomic E-state index is 0.0467. The van der Waals surface area contributed by atoms with E-state index in [0.717, 1.165) is 24.0 Å². The van der Waals surface area contributed by atoms with E-state index in [2.05, 4.69) is 10.8 Å². The first-order valence-corrected chi connectivity index (χ1v) is 9.46. The van der Waals surface area contributed by atoms with E-state index in [1.165, 1.54) is 0 Å². The van der Waals surface area contributed by atoms with Gasteiger partial charge in [-0.15, -0.1) is 0 Å². The summed E-state index contributed by atoms with van der Waals surface area (Å²) in [5.74, 6) is 0. The Hall–Kier alpha value is -1.21. The lowest BCUT2D eigenvalue weighted by Gasteiger charge is -2.16. The normalized spacial score (nSPS) is 18.2. The highest BCUT2D eigenvalue weighted by Crippen LogP contribution is 2.24. The Morgan fingerprint density at radius 3 is 2.70 bits per heavy atom. The summed E-state index contributed by atoms with van der Waals surface area (Å²) in [6, 6.07) is 6.85. The van der Waals surface area contributed by atoms with Gasteiger partial charge in [0.15, 0.2) is 0 Å². The van der Waals surface area contributed by atoms with E-state index in [4.69, 9.17) is 9.47 Å². The monoisotopic (exact) mass is 339 g/mol. The molecule has 1 aliphatic rings. The second-order valence-electron chi connectivity index (χ2n) is 5.58. The fraction of sp³-hybridized carbons (Fsp3) is 0.529. The molecular formula is C17H25NO4S. The van der Waals surface area contributed by atoms with Gasteiger partial charge in [-0.1, -0.05) is 23.8 Å². The number of hydrogen-bond donors (Lipinski definition) is 1. The highest BCUT2D eigenvalue weighted by atomic mass is 32.2. The number of aryl methyl sites for hydroxylation is 1. The molecule has 0 aliphatic heterocycles. The number of ether oxygens (including phenoxy) is 2. The molecular weight excluding hydrogens is 314 g/mol. The summed E-state index contributed by atoms with van der Waals surface area (Å²) in [6.07, 6.45) is 4.74. The molecule has 0 heterocycles. The van der Waals surface area contributed by atoms with Gasteiger partial charge in [-0.05, 0) is 50.8 Å². The predicted molar refractivity (Wildman–Crippen MR) is 89.7 cm³/mol. The van der Waals surface area contributed by atoms with Gasteiger partial charge in [0.1, 0.15) is 6.79 Å². The summed E-state index contributed by atoms with van der Waals surface area (Å²) < 4.78 is 38.0. The molecule has 1 aliphatic carbocycles. The summed E-state index contributed by atoms with van der Waals surface area (Å²) in [7, 11) is -3.45. The number of nitrogens with one attached hydrogen (secondary N) is 1. The van der Waals surface area contributed by atoms with Crippen LogP contribution in [0.3, 0.4) is 0 Å². The molecule has 6 heteroatoms. The highest BCUT2D eigenvalue weighted by molar-refractivity contribution is 7.89. The lowest BCUT2D eigenvalue weighted by molar-refractivity contribution is -0.0748. The summed E-state index contributed by atoms with van der Waals surface area (Å²) in [5.41, 5.74) is 2.19. The zero-order chi connectivity index (χ0) is 16.7. The van der Waals surface area contributed by atoms with Crippen molar-refractivity contribution in [1.82, 2.24) is 4.72 Å². The van der Waals surface area contributed by atoms with Crippen LogP contribution in [0.25, 0.3) is 0 Å². The van der Waals surface area contributed by atoms with Crippen molar-refractivity contribution in [3.8, 4) is 0 Å². The number of rotatable bonds is 9. The van der Waals surface area contributed by atoms with Crippen LogP contribution in [0.2, 0.25) is 0 Å². The lowest BCUT2D eigenvalue weighted by Crippen LogP contribution is -2.26. The molecule has 0 spiro atoms. The van der Waals surface area contributed by atoms with Crippen LogP contribution in [-0.2, 0) is 19.5 Å². The highest BCUT2D eigenvalue weighted by Gasteiger charge is 2.20. The maximum atomic E-state index is 12.2. The second kappa shape index (κ2) is 8.59. The Labute approximate surface area is 138 Å². The molecule has 0 saturated heterocycles. The Morgan fingerprint density at radius 1 is 1.26 bits per heavy atom. The van der Waals surface area contributed by atoms with Crippen LogP contribution >= 0.6 is 0 Å². The van der Waals surface area contributed by atoms with Crippen LogP contribution in [0.5, 0.6) is 0 Å². The quantitative estimate of drug-likeness (QED) is 0.427. The zero-order valence-corrected chi connectivity index (χ0v) is 14.6. The van der Waals surface area contributed by atoms with Gasteiger partial charge in [-0.2, -0.15) is 0 Å². The van der Waals surface area contributed by atoms with Crippen LogP contribution in [0.4, 0.5) is 0 Å². The molecule has 23 heavy (non-hydrogen) atoms. The van der Waals surface area contributed by atoms with Gasteiger partial charge < -0.3 is 9.47 Å². The van der Waals surface area contributed by atoms with Crippen molar-refractivity contribution in [3.63, 3.8) is 0 Å². The molecule has 128 valence electrons. The first-order chi connectivity index (χ1) is 11.0. The largest absolute Gasteiger partial charge is 0.356 e. The van der Waals surface area contributed by atoms with Crippen molar-refractivity contribution in [2.45, 2.75) is 44.1 Å². The molecule has 2 rings (SSSR count). The molecule has 0 bridgehead atoms. The smallest absolute Gasteiger partial charge is 0.240 e. The molecule has 0 amide bonds. The van der Waals surface area contributed by atoms with E-state index >= 15 is 0 Å². The number of sulfonamides is 1. The lowest BCUT2D eigenvalue weighted by atomic mass is 10.1. The molecule has 0 aromatic heterocycles. The van der Waals surface area contributed by atoms with Crippen molar-refractivity contribution in [2.75, 3.05) is 19.9 Å². The van der Waals surface area contributed by atoms with Crippen molar-refractivity contribution in [1.29, 1.82) is 0 Å². The third-order valence-electron chi connectivity index (χ3n) is 3.84. The SMILES string of the molecule is CCOCOC1CCC=C1CCNS(=O)(=O)c1ccc(C)cc1. The first-order valence-electron chi connectivity index (χ1n) is 7.97. The summed E-state index contributed by atoms with van der Waals surface area (Å²) in [5, 5.41) is 0. The summed E-state index contributed by atoms with van der Waals surface area (Å²) in [4.78, 5) is 0.299. The second-order valence-corrected chi connectivity index (χ2v) is 7.35. The van der Waals surface area contributed by atoms with E-state index in [1.807, 2.05) is 13.8 Å². The first kappa shape index (κ1) is 18.1. The molecule has 1 unspecified atom stereocenters. The van der Waals surface area contributed by atoms with Crippen LogP contribution in [-0.4, -0.2) is 34.5 Å². The third kappa shape index (κ3) is 5.42. The minimum Gasteiger partial charge on any atom is -0.356 e. The Bertz CT molecular complexity index is 622. The molecule has 0 fully saturated rings. The van der Waals surface area contributed by atoms with Crippen LogP contribution in [0, 0.1) is 6.92 Å². The summed E-state index contributed by atoms with van der Waals surface area (Å²) in [6.45, 7) is 5.14. The van der Waals surface area contributed by atoms with Crippen molar-refractivity contribution in [3.05, 3.63) is 41.5 Å². The van der Waals surface area contributed by atoms with Gasteiger partial charge in [0.05, 0.1) is 11.0 Å². The standard InChI is InChI=1S/C17H25NO4S/c1-3-21-13-22-17-6-4-5-15(17)11-12-18-23(19,20)16-9-7-14(2)8-10-16/h5,7-10,17-18H,3-4,6,11-13H2,1-2H3. The zero-order valence-electron chi connectivity index (χ0n) is 13.7. The van der Waals surface area contributed by atoms with E-state index < -0.39 is 10.0 Å². The van der Waals surface area contributed by atoms with E-state index in [9.17, 15) is 8.42 Å². The van der Waals surface area contributed by atoms with Gasteiger partial charge in [0, 0.05) is 13.2 Å². The number of hydrogen-bond acceptors (Lipinski definition) is 4. The van der Waals surface area contributed by atoms with Gasteiger partial charge >= 0.3 is 0 Å². The van der Waals surface area contributed by atoms with Crippen LogP contribution in [0.1, 0.15) is 31.7 Å². The number of allylic oxidation sites excluding steroid dienone is 1. The third-order valence-corrected chi connectivity index (χ3v) is 5.32. The van der Waals surface area contributed by atoms with Crippen molar-refractivity contribution >= 4 is 10.0 Å². The van der Waals surface area contributed by atoms with E-state index in [-0.39, 0.29) is 12.9 Å². The molecule has 1 atom stereocenters. The van der Waals surface area contributed by atoms with Crippen LogP contribution < -0.4 is 4.72 Å². The van der Waals surface area contributed by atoms with Gasteiger partial charge in [0.2, 0.25) is 10.0 Å². The summed E-state index contributed by atoms with van der Waals surface area (Å²) >= 11 is 0. The van der Waals surface area contributed by atoms with Gasteiger partial charge in [-0.3, -0.25) is 0 Å². The fourth-order valence-corrected chi connectivity index (χ4v) is 3.57. The maximum absolute atomic E-state index is 12.2. The van der Waals surface area contributed by atoms with Gasteiger partial charge in [0.25, 0.3) is 0 Å². The molecule has 1 aromatic carbocycles. The van der Waals surface area contributed by atoms with E-state index in [1.54, 1.807) is 24.3 Å². The Kier molecular flexibility index (Phi) is 6.77. The van der Waals surface area contributed by atoms with E-state index in [0.29, 0.717) is 24.5 Å². The number of benzene rings is 1. The average Bonchev–Trinajstić information content (AvgIpc) is 2.95. The molecule has 1 aromatic rings. The van der Waals surface area contributed by atoms with Gasteiger partial charge in [-0.25, -0.2) is 13.1 Å². The fourth-order valence-electron chi connectivity index (χ4n) is 2.53. The molecule has 0 saturated carbocycles. The van der Waals surface area contributed by atoms with Crippen molar-refractivity contribution in [2.24, 2.45) is 0 Å². The maximum Gasteiger partial charge on any atom is 0.240 e. The average molecular weight is 339 g/mol. The van der Waals surface area contributed by atoms with Crippen LogP contribution in [0.15, 0.2) is 40.8 Å². The Morgan fingerprint density at radius 2 is 2.00 bits per heavy atom. The Balaban J connectivity index is 1.82. The molecule has 0 radical (unpaired) electrons.